The third kappa shape index (κ3) is 35.0. The third-order valence-electron chi connectivity index (χ3n) is 10.7. The predicted molar refractivity (Wildman–Crippen MR) is 401 cm³/mol. The van der Waals surface area contributed by atoms with E-state index in [-0.39, 0.29) is 0 Å². The van der Waals surface area contributed by atoms with E-state index < -0.39 is 0 Å². The van der Waals surface area contributed by atoms with Gasteiger partial charge in [0.05, 0.1) is 17.4 Å². The van der Waals surface area contributed by atoms with Gasteiger partial charge >= 0.3 is 0 Å². The highest BCUT2D eigenvalue weighted by molar-refractivity contribution is 7.14. The van der Waals surface area contributed by atoms with Crippen LogP contribution in [0.15, 0.2) is 122 Å². The lowest BCUT2D eigenvalue weighted by molar-refractivity contribution is 0.795. The smallest absolute Gasteiger partial charge is 0.234 e. The van der Waals surface area contributed by atoms with Crippen molar-refractivity contribution in [3.8, 4) is 22.0 Å². The molecule has 0 unspecified atom stereocenters. The highest BCUT2D eigenvalue weighted by Gasteiger charge is 2.05. The summed E-state index contributed by atoms with van der Waals surface area (Å²) in [7, 11) is 0. The molecule has 11 heterocycles. The van der Waals surface area contributed by atoms with E-state index in [2.05, 4.69) is 134 Å². The average molecular weight is 1500 g/mol. The van der Waals surface area contributed by atoms with Gasteiger partial charge in [0, 0.05) is 46.4 Å². The van der Waals surface area contributed by atoms with E-state index in [1.54, 1.807) is 23.6 Å². The normalized spacial score (nSPS) is 9.80. The second kappa shape index (κ2) is 45.2. The number of fused-ring (bicyclic) bond motifs is 1. The fourth-order valence-corrected chi connectivity index (χ4v) is 11.4. The Morgan fingerprint density at radius 1 is 0.396 bits per heavy atom. The van der Waals surface area contributed by atoms with E-state index in [0.29, 0.717) is 21.5 Å². The van der Waals surface area contributed by atoms with Crippen LogP contribution in [0, 0.1) is 96.9 Å². The van der Waals surface area contributed by atoms with Crippen LogP contribution in [0.4, 0.5) is 0 Å². The van der Waals surface area contributed by atoms with Crippen LogP contribution in [0.25, 0.3) is 32.9 Å². The zero-order valence-electron chi connectivity index (χ0n) is 56.1. The van der Waals surface area contributed by atoms with Crippen molar-refractivity contribution in [3.63, 3.8) is 0 Å². The predicted octanol–water partition coefficient (Wildman–Crippen LogP) is 18.8. The van der Waals surface area contributed by atoms with Gasteiger partial charge in [-0.1, -0.05) is 140 Å². The largest absolute Gasteiger partial charge is 0.260 e. The van der Waals surface area contributed by atoms with E-state index in [4.69, 9.17) is 34.8 Å². The number of hydrogen-bond donors (Lipinski definition) is 0. The van der Waals surface area contributed by atoms with Crippen molar-refractivity contribution < 1.29 is 0 Å². The van der Waals surface area contributed by atoms with E-state index in [9.17, 15) is 0 Å². The van der Waals surface area contributed by atoms with E-state index in [1.165, 1.54) is 98.6 Å². The van der Waals surface area contributed by atoms with Crippen LogP contribution in [0.2, 0.25) is 15.6 Å². The number of pyridine rings is 1. The number of nitrogens with zero attached hydrogens (tertiary/aromatic N) is 21. The van der Waals surface area contributed by atoms with Crippen LogP contribution in [-0.4, -0.2) is 101 Å². The number of rotatable bonds is 4. The third-order valence-corrected chi connectivity index (χ3v) is 16.9. The maximum atomic E-state index is 5.49. The first-order valence-corrected chi connectivity index (χ1v) is 36.5. The van der Waals surface area contributed by atoms with Crippen LogP contribution in [0.1, 0.15) is 113 Å². The van der Waals surface area contributed by atoms with Crippen LogP contribution in [0.5, 0.6) is 0 Å². The Hall–Kier alpha value is -7.42. The molecule has 0 saturated carbocycles. The van der Waals surface area contributed by atoms with Gasteiger partial charge in [0.1, 0.15) is 90.8 Å². The Kier molecular flexibility index (Phi) is 38.1. The van der Waals surface area contributed by atoms with Crippen molar-refractivity contribution in [1.82, 2.24) is 101 Å². The fraction of sp³-hybridized carbons (Fsp3) is 0.297. The fourth-order valence-electron chi connectivity index (χ4n) is 6.53. The number of aromatic nitrogens is 21. The average Bonchev–Trinajstić information content (AvgIpc) is 1.46. The molecule has 0 atom stereocenters. The van der Waals surface area contributed by atoms with Gasteiger partial charge in [-0.2, -0.15) is 30.6 Å². The van der Waals surface area contributed by atoms with Gasteiger partial charge in [0.15, 0.2) is 5.82 Å². The second-order valence-electron chi connectivity index (χ2n) is 19.7. The summed E-state index contributed by atoms with van der Waals surface area (Å²) in [5.41, 5.74) is 6.11. The lowest BCUT2D eigenvalue weighted by Crippen LogP contribution is -1.88. The Bertz CT molecular complexity index is 4010. The van der Waals surface area contributed by atoms with Gasteiger partial charge in [0.25, 0.3) is 0 Å². The van der Waals surface area contributed by atoms with Crippen LogP contribution in [-0.2, 0) is 6.42 Å². The maximum Gasteiger partial charge on any atom is 0.234 e. The summed E-state index contributed by atoms with van der Waals surface area (Å²) in [5.74, 6) is 5.87. The van der Waals surface area contributed by atoms with Crippen molar-refractivity contribution in [2.45, 2.75) is 130 Å². The van der Waals surface area contributed by atoms with Crippen LogP contribution in [0.3, 0.4) is 0 Å². The van der Waals surface area contributed by atoms with Gasteiger partial charge in [0.2, 0.25) is 5.28 Å². The summed E-state index contributed by atoms with van der Waals surface area (Å²) >= 11 is 28.0. The highest BCUT2D eigenvalue weighted by atomic mass is 35.5. The highest BCUT2D eigenvalue weighted by Crippen LogP contribution is 2.22. The first-order valence-electron chi connectivity index (χ1n) is 29.1. The number of halogens is 3. The number of para-hydroxylation sites is 1. The van der Waals surface area contributed by atoms with Crippen LogP contribution >= 0.6 is 127 Å². The molecule has 0 aliphatic carbocycles. The number of benzene rings is 3. The molecule has 0 bridgehead atoms. The SMILES string of the molecule is CCc1nsc(C)n1.Cc1cc(Cl)ncn1.Cc1ccc2ccccc2n1.Cc1cncc(Cl)n1.Cc1nc(-c2ccccc2)ns1.Cc1nc(C(C)C)ns1.Cc1nc(Cl)ns1.Cc1nnc(-c2ccccc2)s1.Cc1nsc(C)n1.Cc1nsc(C)n1.Cc1nsc(C)n1. The molecule has 0 spiro atoms. The van der Waals surface area contributed by atoms with E-state index in [0.717, 1.165) is 120 Å². The van der Waals surface area contributed by atoms with Gasteiger partial charge in [-0.05, 0) is 207 Å². The molecule has 11 aromatic heterocycles. The molecule has 0 fully saturated rings. The monoisotopic (exact) mass is 1500 g/mol. The molecule has 0 amide bonds. The van der Waals surface area contributed by atoms with Crippen molar-refractivity contribution >= 4 is 138 Å². The number of aryl methyl sites for hydroxylation is 15. The molecular weight excluding hydrogens is 1430 g/mol. The van der Waals surface area contributed by atoms with Crippen molar-refractivity contribution in [2.75, 3.05) is 0 Å². The topological polar surface area (TPSA) is 271 Å². The summed E-state index contributed by atoms with van der Waals surface area (Å²) in [6.07, 6.45) is 5.56. The van der Waals surface area contributed by atoms with Crippen molar-refractivity contribution in [2.24, 2.45) is 0 Å². The zero-order valence-corrected chi connectivity index (χ0v) is 64.9. The van der Waals surface area contributed by atoms with Gasteiger partial charge < -0.3 is 0 Å². The molecule has 32 heteroatoms. The molecule has 0 N–H and O–H groups in total. The summed E-state index contributed by atoms with van der Waals surface area (Å²) < 4.78 is 28.0. The molecule has 0 saturated heterocycles. The Balaban J connectivity index is 0.000000226. The first kappa shape index (κ1) is 81.0. The zero-order chi connectivity index (χ0) is 70.4. The second-order valence-corrected chi connectivity index (χ2v) is 28.7. The maximum absolute atomic E-state index is 5.49. The Morgan fingerprint density at radius 2 is 0.906 bits per heavy atom. The summed E-state index contributed by atoms with van der Waals surface area (Å²) in [4.78, 5) is 48.1. The minimum absolute atomic E-state index is 0.350. The van der Waals surface area contributed by atoms with E-state index in [1.807, 2.05) is 182 Å². The number of hydrogen-bond acceptors (Lipinski definition) is 29. The van der Waals surface area contributed by atoms with Crippen LogP contribution < -0.4 is 0 Å². The van der Waals surface area contributed by atoms with E-state index >= 15 is 0 Å². The first-order chi connectivity index (χ1) is 45.8. The molecule has 0 aliphatic rings. The molecule has 504 valence electrons. The lowest BCUT2D eigenvalue weighted by Gasteiger charge is -1.95. The van der Waals surface area contributed by atoms with Gasteiger partial charge in [-0.25, -0.2) is 49.8 Å². The van der Waals surface area contributed by atoms with Crippen molar-refractivity contribution in [1.29, 1.82) is 0 Å². The Morgan fingerprint density at radius 3 is 1.26 bits per heavy atom. The minimum atomic E-state index is 0.350. The standard InChI is InChI=1S/C10H9N.2C9H8N2S.C6H10N2S.2C5H5ClN2.C5H8N2S.3C4H6N2S.C3H3ClN2S/c1-8-6-7-9-4-2-3-5-10(9)11-8;1-7-10-11-9(12-7)8-5-3-2-4-6-8;1-7-10-9(11-12-7)8-5-3-2-4-6-8;1-4(2)6-7-5(3)9-8-6;1-4-2-7-3-5(6)8-4;1-4-2-5(6)8-3-7-4;1-3-5-6-4(2)8-7-5;3*1-3-5-4(2)7-6-3;1-2-5-3(4)6-7-2/h2-7H,1H3;2*2-6H,1H3;4H,1-3H3;2*2-3H,1H3;3H2,1-2H3;3*1-2H3;1H3. The Labute approximate surface area is 608 Å². The molecule has 14 aromatic rings. The molecule has 21 nitrogen and oxygen atoms in total. The van der Waals surface area contributed by atoms with Gasteiger partial charge in [-0.15, -0.1) is 10.2 Å². The summed E-state index contributed by atoms with van der Waals surface area (Å²) in [6, 6.07) is 34.1. The summed E-state index contributed by atoms with van der Waals surface area (Å²) in [6.45, 7) is 33.2. The quantitative estimate of drug-likeness (QED) is 0.148. The molecule has 0 radical (unpaired) electrons. The molecule has 14 rings (SSSR count). The summed E-state index contributed by atoms with van der Waals surface area (Å²) in [5, 5.41) is 19.7. The molecule has 0 aliphatic heterocycles. The molecule has 3 aromatic carbocycles. The molecular formula is C64H74Cl3N21S8. The minimum Gasteiger partial charge on any atom is -0.260 e. The van der Waals surface area contributed by atoms with Gasteiger partial charge in [-0.3, -0.25) is 9.97 Å². The molecule has 96 heavy (non-hydrogen) atoms. The van der Waals surface area contributed by atoms with Crippen molar-refractivity contribution in [3.05, 3.63) is 224 Å². The lowest BCUT2D eigenvalue weighted by atomic mass is 10.2.